The van der Waals surface area contributed by atoms with Crippen molar-refractivity contribution in [3.05, 3.63) is 59.0 Å². The van der Waals surface area contributed by atoms with Crippen LogP contribution in [0.15, 0.2) is 42.5 Å². The van der Waals surface area contributed by atoms with Gasteiger partial charge in [0.05, 0.1) is 12.6 Å². The van der Waals surface area contributed by atoms with Crippen LogP contribution < -0.4 is 0 Å². The van der Waals surface area contributed by atoms with Gasteiger partial charge in [-0.05, 0) is 31.2 Å². The summed E-state index contributed by atoms with van der Waals surface area (Å²) in [7, 11) is 1.36. The van der Waals surface area contributed by atoms with Crippen molar-refractivity contribution in [3.8, 4) is 5.69 Å². The number of hydrogen-bond donors (Lipinski definition) is 0. The molecule has 5 heteroatoms. The van der Waals surface area contributed by atoms with Crippen molar-refractivity contribution in [1.29, 1.82) is 0 Å². The van der Waals surface area contributed by atoms with Crippen LogP contribution in [-0.4, -0.2) is 22.6 Å². The lowest BCUT2D eigenvalue weighted by Gasteiger charge is -2.09. The summed E-state index contributed by atoms with van der Waals surface area (Å²) >= 11 is 6.21. The zero-order chi connectivity index (χ0) is 15.0. The number of pyridine rings is 1. The maximum absolute atomic E-state index is 12.1. The zero-order valence-corrected chi connectivity index (χ0v) is 12.4. The van der Waals surface area contributed by atoms with E-state index in [0.717, 1.165) is 22.3 Å². The van der Waals surface area contributed by atoms with E-state index in [2.05, 4.69) is 4.98 Å². The van der Waals surface area contributed by atoms with E-state index in [4.69, 9.17) is 16.3 Å². The van der Waals surface area contributed by atoms with Gasteiger partial charge in [0.15, 0.2) is 0 Å². The fourth-order valence-electron chi connectivity index (χ4n) is 2.39. The number of aryl methyl sites for hydroxylation is 1. The molecule has 2 heterocycles. The number of halogens is 1. The molecule has 0 fully saturated rings. The second kappa shape index (κ2) is 5.22. The second-order valence-corrected chi connectivity index (χ2v) is 5.04. The van der Waals surface area contributed by atoms with Crippen LogP contribution in [0.25, 0.3) is 16.6 Å². The molecular weight excluding hydrogens is 288 g/mol. The van der Waals surface area contributed by atoms with E-state index >= 15 is 0 Å². The molecule has 0 radical (unpaired) electrons. The number of hydrogen-bond acceptors (Lipinski definition) is 3. The van der Waals surface area contributed by atoms with Gasteiger partial charge in [-0.15, -0.1) is 0 Å². The summed E-state index contributed by atoms with van der Waals surface area (Å²) in [5, 5.41) is 1.11. The van der Waals surface area contributed by atoms with Crippen LogP contribution in [0, 0.1) is 6.92 Å². The van der Waals surface area contributed by atoms with Gasteiger partial charge in [0, 0.05) is 16.8 Å². The normalized spacial score (nSPS) is 10.8. The number of benzene rings is 1. The Morgan fingerprint density at radius 1 is 1.24 bits per heavy atom. The number of aromatic nitrogens is 2. The number of methoxy groups -OCH3 is 1. The number of carbonyl (C=O) groups is 1. The number of carbonyl (C=O) groups excluding carboxylic acids is 1. The molecule has 21 heavy (non-hydrogen) atoms. The highest BCUT2D eigenvalue weighted by atomic mass is 35.5. The number of ether oxygens (including phenoxy) is 1. The molecule has 0 aliphatic rings. The largest absolute Gasteiger partial charge is 0.464 e. The summed E-state index contributed by atoms with van der Waals surface area (Å²) in [6, 6.07) is 13.2. The van der Waals surface area contributed by atoms with Gasteiger partial charge in [-0.3, -0.25) is 0 Å². The van der Waals surface area contributed by atoms with Crippen molar-refractivity contribution in [2.45, 2.75) is 6.92 Å². The SMILES string of the molecule is COC(=O)c1cc2c(Cl)nc(C)cc2n1-c1ccccc1. The van der Waals surface area contributed by atoms with Crippen molar-refractivity contribution in [2.24, 2.45) is 0 Å². The van der Waals surface area contributed by atoms with Crippen LogP contribution in [-0.2, 0) is 4.74 Å². The first kappa shape index (κ1) is 13.6. The topological polar surface area (TPSA) is 44.1 Å². The summed E-state index contributed by atoms with van der Waals surface area (Å²) in [5.74, 6) is -0.413. The maximum Gasteiger partial charge on any atom is 0.355 e. The fraction of sp³-hybridized carbons (Fsp3) is 0.125. The first-order valence-electron chi connectivity index (χ1n) is 6.44. The molecule has 1 aromatic carbocycles. The number of esters is 1. The van der Waals surface area contributed by atoms with E-state index in [1.165, 1.54) is 7.11 Å². The highest BCUT2D eigenvalue weighted by Gasteiger charge is 2.19. The van der Waals surface area contributed by atoms with Gasteiger partial charge in [-0.1, -0.05) is 29.8 Å². The molecule has 3 rings (SSSR count). The van der Waals surface area contributed by atoms with Crippen LogP contribution in [0.1, 0.15) is 16.2 Å². The minimum absolute atomic E-state index is 0.379. The highest BCUT2D eigenvalue weighted by Crippen LogP contribution is 2.29. The number of rotatable bonds is 2. The molecular formula is C16H13ClN2O2. The van der Waals surface area contributed by atoms with Crippen LogP contribution in [0.3, 0.4) is 0 Å². The highest BCUT2D eigenvalue weighted by molar-refractivity contribution is 6.34. The van der Waals surface area contributed by atoms with Crippen molar-refractivity contribution >= 4 is 28.5 Å². The summed E-state index contributed by atoms with van der Waals surface area (Å²) in [6.45, 7) is 1.87. The molecule has 3 aromatic rings. The van der Waals surface area contributed by atoms with Crippen LogP contribution in [0.4, 0.5) is 0 Å². The van der Waals surface area contributed by atoms with E-state index in [0.29, 0.717) is 10.8 Å². The van der Waals surface area contributed by atoms with Gasteiger partial charge in [0.25, 0.3) is 0 Å². The molecule has 0 aliphatic carbocycles. The Kier molecular flexibility index (Phi) is 3.39. The predicted octanol–water partition coefficient (Wildman–Crippen LogP) is 3.77. The van der Waals surface area contributed by atoms with Gasteiger partial charge in [0.2, 0.25) is 0 Å². The van der Waals surface area contributed by atoms with Crippen molar-refractivity contribution in [3.63, 3.8) is 0 Å². The van der Waals surface area contributed by atoms with Crippen LogP contribution in [0.5, 0.6) is 0 Å². The van der Waals surface area contributed by atoms with Gasteiger partial charge < -0.3 is 9.30 Å². The summed E-state index contributed by atoms with van der Waals surface area (Å²) in [6.07, 6.45) is 0. The molecule has 0 saturated carbocycles. The van der Waals surface area contributed by atoms with E-state index in [1.54, 1.807) is 6.07 Å². The first-order chi connectivity index (χ1) is 10.1. The molecule has 0 saturated heterocycles. The molecule has 0 atom stereocenters. The third kappa shape index (κ3) is 2.28. The number of nitrogens with zero attached hydrogens (tertiary/aromatic N) is 2. The van der Waals surface area contributed by atoms with Gasteiger partial charge in [0.1, 0.15) is 10.8 Å². The number of fused-ring (bicyclic) bond motifs is 1. The molecule has 4 nitrogen and oxygen atoms in total. The Hall–Kier alpha value is -2.33. The van der Waals surface area contributed by atoms with E-state index in [9.17, 15) is 4.79 Å². The first-order valence-corrected chi connectivity index (χ1v) is 6.82. The monoisotopic (exact) mass is 300 g/mol. The Morgan fingerprint density at radius 3 is 2.62 bits per heavy atom. The lowest BCUT2D eigenvalue weighted by Crippen LogP contribution is -2.08. The summed E-state index contributed by atoms with van der Waals surface area (Å²) in [5.41, 5.74) is 2.92. The fourth-order valence-corrected chi connectivity index (χ4v) is 2.67. The Morgan fingerprint density at radius 2 is 1.95 bits per heavy atom. The zero-order valence-electron chi connectivity index (χ0n) is 11.6. The van der Waals surface area contributed by atoms with Gasteiger partial charge in [-0.2, -0.15) is 0 Å². The second-order valence-electron chi connectivity index (χ2n) is 4.68. The molecule has 0 unspecified atom stereocenters. The third-order valence-corrected chi connectivity index (χ3v) is 3.58. The number of para-hydroxylation sites is 1. The quantitative estimate of drug-likeness (QED) is 0.534. The molecule has 0 spiro atoms. The standard InChI is InChI=1S/C16H13ClN2O2/c1-10-8-13-12(15(17)18-10)9-14(16(20)21-2)19(13)11-6-4-3-5-7-11/h3-9H,1-2H3. The average molecular weight is 301 g/mol. The van der Waals surface area contributed by atoms with Crippen LogP contribution >= 0.6 is 11.6 Å². The lowest BCUT2D eigenvalue weighted by atomic mass is 10.2. The van der Waals surface area contributed by atoms with Crippen molar-refractivity contribution < 1.29 is 9.53 Å². The van der Waals surface area contributed by atoms with Crippen LogP contribution in [0.2, 0.25) is 5.15 Å². The Bertz CT molecular complexity index is 825. The van der Waals surface area contributed by atoms with Gasteiger partial charge in [-0.25, -0.2) is 9.78 Å². The molecule has 0 aliphatic heterocycles. The summed E-state index contributed by atoms with van der Waals surface area (Å²) in [4.78, 5) is 16.3. The molecule has 0 N–H and O–H groups in total. The molecule has 2 aromatic heterocycles. The Balaban J connectivity index is 2.41. The van der Waals surface area contributed by atoms with Crippen molar-refractivity contribution in [2.75, 3.05) is 7.11 Å². The van der Waals surface area contributed by atoms with Gasteiger partial charge >= 0.3 is 5.97 Å². The Labute approximate surface area is 126 Å². The van der Waals surface area contributed by atoms with E-state index in [1.807, 2.05) is 47.9 Å². The molecule has 106 valence electrons. The van der Waals surface area contributed by atoms with E-state index in [-0.39, 0.29) is 0 Å². The van der Waals surface area contributed by atoms with Crippen molar-refractivity contribution in [1.82, 2.24) is 9.55 Å². The minimum atomic E-state index is -0.413. The lowest BCUT2D eigenvalue weighted by molar-refractivity contribution is 0.0592. The average Bonchev–Trinajstić information content (AvgIpc) is 2.87. The molecule has 0 amide bonds. The summed E-state index contributed by atoms with van der Waals surface area (Å²) < 4.78 is 6.71. The predicted molar refractivity (Wildman–Crippen MR) is 82.2 cm³/mol. The van der Waals surface area contributed by atoms with E-state index < -0.39 is 5.97 Å². The smallest absolute Gasteiger partial charge is 0.355 e. The minimum Gasteiger partial charge on any atom is -0.464 e. The molecule has 0 bridgehead atoms. The third-order valence-electron chi connectivity index (χ3n) is 3.29. The maximum atomic E-state index is 12.1.